The van der Waals surface area contributed by atoms with Gasteiger partial charge in [-0.25, -0.2) is 9.97 Å². The number of nitrogens with zero attached hydrogens (tertiary/aromatic N) is 4. The molecule has 3 aliphatic rings. The molecule has 0 bridgehead atoms. The number of methoxy groups -OCH3 is 1. The van der Waals surface area contributed by atoms with Gasteiger partial charge in [0, 0.05) is 24.2 Å². The van der Waals surface area contributed by atoms with Crippen LogP contribution in [0.2, 0.25) is 0 Å². The van der Waals surface area contributed by atoms with Gasteiger partial charge in [0.1, 0.15) is 22.7 Å². The highest BCUT2D eigenvalue weighted by Crippen LogP contribution is 2.45. The van der Waals surface area contributed by atoms with Crippen molar-refractivity contribution in [2.45, 2.75) is 32.7 Å². The Morgan fingerprint density at radius 2 is 2.12 bits per heavy atom. The van der Waals surface area contributed by atoms with E-state index in [2.05, 4.69) is 33.3 Å². The van der Waals surface area contributed by atoms with Gasteiger partial charge >= 0.3 is 0 Å². The standard InChI is InChI=1S/C25H27N5O3S/c1-25(24(31)30-5-7-33-8-6-30)4-3-17-20(11-25)34-23-21(17)22(27-14-28-23)29-18-9-15-12-26-13-16(15)10-19(18)32-2/h9-10,12,14H,3-8,11,13H2,1-2H3,(H,27,28,29)/t25-/m1/s1. The number of aliphatic imine (C=N–C) groups is 1. The van der Waals surface area contributed by atoms with Crippen molar-refractivity contribution in [1.82, 2.24) is 14.9 Å². The van der Waals surface area contributed by atoms with Crippen molar-refractivity contribution in [3.05, 3.63) is 40.0 Å². The molecule has 0 unspecified atom stereocenters. The molecule has 176 valence electrons. The van der Waals surface area contributed by atoms with Gasteiger partial charge in [-0.05, 0) is 48.1 Å². The third kappa shape index (κ3) is 3.54. The summed E-state index contributed by atoms with van der Waals surface area (Å²) in [6, 6.07) is 4.10. The van der Waals surface area contributed by atoms with Crippen LogP contribution in [-0.4, -0.2) is 60.4 Å². The molecule has 0 radical (unpaired) electrons. The minimum absolute atomic E-state index is 0.243. The minimum Gasteiger partial charge on any atom is -0.495 e. The molecule has 0 saturated carbocycles. The summed E-state index contributed by atoms with van der Waals surface area (Å²) in [6.07, 6.45) is 5.88. The monoisotopic (exact) mass is 477 g/mol. The van der Waals surface area contributed by atoms with Crippen LogP contribution >= 0.6 is 11.3 Å². The molecular weight excluding hydrogens is 450 g/mol. The second-order valence-corrected chi connectivity index (χ2v) is 10.5. The number of benzene rings is 1. The number of hydrogen-bond acceptors (Lipinski definition) is 8. The molecule has 0 spiro atoms. The van der Waals surface area contributed by atoms with Crippen molar-refractivity contribution < 1.29 is 14.3 Å². The van der Waals surface area contributed by atoms with Gasteiger partial charge < -0.3 is 19.7 Å². The molecule has 4 heterocycles. The summed E-state index contributed by atoms with van der Waals surface area (Å²) < 4.78 is 11.1. The van der Waals surface area contributed by atoms with Crippen LogP contribution in [0, 0.1) is 5.41 Å². The van der Waals surface area contributed by atoms with E-state index in [1.165, 1.54) is 10.4 Å². The summed E-state index contributed by atoms with van der Waals surface area (Å²) >= 11 is 1.68. The van der Waals surface area contributed by atoms with Gasteiger partial charge in [0.2, 0.25) is 5.91 Å². The van der Waals surface area contributed by atoms with E-state index in [0.29, 0.717) is 32.8 Å². The largest absolute Gasteiger partial charge is 0.495 e. The predicted octanol–water partition coefficient (Wildman–Crippen LogP) is 3.73. The lowest BCUT2D eigenvalue weighted by atomic mass is 9.74. The van der Waals surface area contributed by atoms with Crippen molar-refractivity contribution in [1.29, 1.82) is 0 Å². The first kappa shape index (κ1) is 21.5. The number of aryl methyl sites for hydroxylation is 1. The number of morpholine rings is 1. The number of carbonyl (C=O) groups excluding carboxylic acids is 1. The lowest BCUT2D eigenvalue weighted by molar-refractivity contribution is -0.146. The number of ether oxygens (including phenoxy) is 2. The highest BCUT2D eigenvalue weighted by atomic mass is 32.1. The fourth-order valence-corrected chi connectivity index (χ4v) is 6.62. The maximum atomic E-state index is 13.4. The van der Waals surface area contributed by atoms with Gasteiger partial charge in [0.25, 0.3) is 0 Å². The maximum absolute atomic E-state index is 13.4. The molecule has 9 heteroatoms. The molecule has 1 saturated heterocycles. The van der Waals surface area contributed by atoms with E-state index in [0.717, 1.165) is 57.9 Å². The number of aromatic nitrogens is 2. The van der Waals surface area contributed by atoms with Gasteiger partial charge in [-0.15, -0.1) is 11.3 Å². The van der Waals surface area contributed by atoms with Crippen LogP contribution in [0.4, 0.5) is 11.5 Å². The van der Waals surface area contributed by atoms with Crippen molar-refractivity contribution in [3.8, 4) is 5.75 Å². The molecule has 2 aromatic heterocycles. The van der Waals surface area contributed by atoms with Crippen LogP contribution in [0.3, 0.4) is 0 Å². The molecule has 1 aromatic carbocycles. The Kier molecular flexibility index (Phi) is 5.26. The molecule has 1 atom stereocenters. The summed E-state index contributed by atoms with van der Waals surface area (Å²) in [5.74, 6) is 1.79. The number of carbonyl (C=O) groups is 1. The van der Waals surface area contributed by atoms with Crippen molar-refractivity contribution in [3.63, 3.8) is 0 Å². The van der Waals surface area contributed by atoms with Gasteiger partial charge in [0.05, 0.1) is 43.4 Å². The Balaban J connectivity index is 1.34. The lowest BCUT2D eigenvalue weighted by Gasteiger charge is -2.38. The number of thiophene rings is 1. The fraction of sp³-hybridized carbons (Fsp3) is 0.440. The second kappa shape index (κ2) is 8.32. The maximum Gasteiger partial charge on any atom is 0.229 e. The number of hydrogen-bond donors (Lipinski definition) is 1. The summed E-state index contributed by atoms with van der Waals surface area (Å²) in [5.41, 5.74) is 3.98. The van der Waals surface area contributed by atoms with Crippen LogP contribution in [0.25, 0.3) is 10.2 Å². The van der Waals surface area contributed by atoms with E-state index in [9.17, 15) is 4.79 Å². The molecule has 1 N–H and O–H groups in total. The molecule has 8 nitrogen and oxygen atoms in total. The van der Waals surface area contributed by atoms with Crippen LogP contribution in [0.1, 0.15) is 34.9 Å². The zero-order chi connectivity index (χ0) is 23.3. The number of amides is 1. The van der Waals surface area contributed by atoms with Gasteiger partial charge in [-0.3, -0.25) is 9.79 Å². The van der Waals surface area contributed by atoms with Gasteiger partial charge in [-0.2, -0.15) is 0 Å². The first-order valence-corrected chi connectivity index (χ1v) is 12.5. The Bertz CT molecular complexity index is 1310. The fourth-order valence-electron chi connectivity index (χ4n) is 5.25. The van der Waals surface area contributed by atoms with Crippen molar-refractivity contribution >= 4 is 45.2 Å². The molecule has 1 amide bonds. The van der Waals surface area contributed by atoms with Gasteiger partial charge in [0.15, 0.2) is 0 Å². The Labute approximate surface area is 202 Å². The minimum atomic E-state index is -0.394. The number of anilines is 2. The third-order valence-corrected chi connectivity index (χ3v) is 8.31. The second-order valence-electron chi connectivity index (χ2n) is 9.39. The molecule has 1 fully saturated rings. The topological polar surface area (TPSA) is 88.9 Å². The van der Waals surface area contributed by atoms with E-state index in [-0.39, 0.29) is 5.91 Å². The van der Waals surface area contributed by atoms with E-state index < -0.39 is 5.41 Å². The van der Waals surface area contributed by atoms with E-state index in [1.54, 1.807) is 24.8 Å². The zero-order valence-corrected chi connectivity index (χ0v) is 20.2. The molecule has 34 heavy (non-hydrogen) atoms. The van der Waals surface area contributed by atoms with Crippen molar-refractivity contribution in [2.24, 2.45) is 10.4 Å². The highest BCUT2D eigenvalue weighted by molar-refractivity contribution is 7.19. The van der Waals surface area contributed by atoms with Crippen LogP contribution in [0.15, 0.2) is 23.5 Å². The molecule has 2 aliphatic heterocycles. The lowest BCUT2D eigenvalue weighted by Crippen LogP contribution is -2.49. The molecule has 3 aromatic rings. The van der Waals surface area contributed by atoms with E-state index in [1.807, 2.05) is 17.2 Å². The smallest absolute Gasteiger partial charge is 0.229 e. The highest BCUT2D eigenvalue weighted by Gasteiger charge is 2.41. The Morgan fingerprint density at radius 3 is 2.94 bits per heavy atom. The summed E-state index contributed by atoms with van der Waals surface area (Å²) in [5, 5.41) is 4.56. The van der Waals surface area contributed by atoms with Crippen LogP contribution in [-0.2, 0) is 28.9 Å². The normalized spacial score (nSPS) is 21.4. The summed E-state index contributed by atoms with van der Waals surface area (Å²) in [4.78, 5) is 31.1. The van der Waals surface area contributed by atoms with Crippen molar-refractivity contribution in [2.75, 3.05) is 38.7 Å². The average molecular weight is 478 g/mol. The van der Waals surface area contributed by atoms with Crippen LogP contribution < -0.4 is 10.1 Å². The first-order chi connectivity index (χ1) is 16.6. The third-order valence-electron chi connectivity index (χ3n) is 7.17. The van der Waals surface area contributed by atoms with E-state index >= 15 is 0 Å². The molecule has 1 aliphatic carbocycles. The van der Waals surface area contributed by atoms with Gasteiger partial charge in [-0.1, -0.05) is 6.92 Å². The summed E-state index contributed by atoms with van der Waals surface area (Å²) in [6.45, 7) is 5.40. The molecule has 6 rings (SSSR count). The van der Waals surface area contributed by atoms with Crippen LogP contribution in [0.5, 0.6) is 5.75 Å². The predicted molar refractivity (Wildman–Crippen MR) is 133 cm³/mol. The number of rotatable bonds is 4. The summed E-state index contributed by atoms with van der Waals surface area (Å²) in [7, 11) is 1.68. The Morgan fingerprint density at radius 1 is 1.26 bits per heavy atom. The average Bonchev–Trinajstić information content (AvgIpc) is 3.47. The number of nitrogens with one attached hydrogen (secondary N) is 1. The number of fused-ring (bicyclic) bond motifs is 4. The first-order valence-electron chi connectivity index (χ1n) is 11.7. The quantitative estimate of drug-likeness (QED) is 0.616. The van der Waals surface area contributed by atoms with E-state index in [4.69, 9.17) is 9.47 Å². The Hall–Kier alpha value is -3.04. The zero-order valence-electron chi connectivity index (χ0n) is 19.4. The molecular formula is C25H27N5O3S. The SMILES string of the molecule is COc1cc2c(cc1Nc1ncnc3sc4c(c13)CC[C@@](C)(C(=O)N1CCOCC1)C4)C=NC2.